The Bertz CT molecular complexity index is 105. The third kappa shape index (κ3) is 5.85. The Balaban J connectivity index is 3.25. The van der Waals surface area contributed by atoms with Crippen LogP contribution in [0.5, 0.6) is 0 Å². The van der Waals surface area contributed by atoms with E-state index in [0.29, 0.717) is 12.5 Å². The molecule has 0 aliphatic rings. The Morgan fingerprint density at radius 3 is 2.80 bits per heavy atom. The summed E-state index contributed by atoms with van der Waals surface area (Å²) in [6, 6.07) is 0. The SMILES string of the molecule is C[C@@H](CC(=O)O)OCCCl. The smallest absolute Gasteiger partial charge is 0.305 e. The molecule has 3 nitrogen and oxygen atoms in total. The van der Waals surface area contributed by atoms with Crippen LogP contribution in [-0.2, 0) is 9.53 Å². The number of hydrogen-bond donors (Lipinski definition) is 1. The quantitative estimate of drug-likeness (QED) is 0.623. The highest BCUT2D eigenvalue weighted by atomic mass is 35.5. The number of hydrogen-bond acceptors (Lipinski definition) is 2. The van der Waals surface area contributed by atoms with Gasteiger partial charge in [0.25, 0.3) is 0 Å². The van der Waals surface area contributed by atoms with Crippen molar-refractivity contribution in [1.29, 1.82) is 0 Å². The zero-order valence-corrected chi connectivity index (χ0v) is 6.60. The molecule has 1 atom stereocenters. The summed E-state index contributed by atoms with van der Waals surface area (Å²) in [4.78, 5) is 10.1. The van der Waals surface area contributed by atoms with E-state index in [0.717, 1.165) is 0 Å². The fourth-order valence-corrected chi connectivity index (χ4v) is 0.640. The molecular weight excluding hydrogens is 156 g/mol. The van der Waals surface area contributed by atoms with Gasteiger partial charge in [-0.25, -0.2) is 0 Å². The summed E-state index contributed by atoms with van der Waals surface area (Å²) in [6.07, 6.45) is -0.201. The van der Waals surface area contributed by atoms with Crippen LogP contribution in [0, 0.1) is 0 Å². The first-order valence-corrected chi connectivity index (χ1v) is 3.59. The van der Waals surface area contributed by atoms with Gasteiger partial charge >= 0.3 is 5.97 Å². The normalized spacial score (nSPS) is 13.0. The summed E-state index contributed by atoms with van der Waals surface area (Å²) >= 11 is 5.31. The van der Waals surface area contributed by atoms with Crippen LogP contribution in [0.2, 0.25) is 0 Å². The molecule has 0 unspecified atom stereocenters. The number of alkyl halides is 1. The first-order chi connectivity index (χ1) is 4.66. The molecule has 4 heteroatoms. The third-order valence-corrected chi connectivity index (χ3v) is 1.10. The van der Waals surface area contributed by atoms with Crippen molar-refractivity contribution in [3.05, 3.63) is 0 Å². The first kappa shape index (κ1) is 9.72. The maximum absolute atomic E-state index is 10.1. The van der Waals surface area contributed by atoms with Gasteiger partial charge in [-0.2, -0.15) is 0 Å². The average Bonchev–Trinajstić information content (AvgIpc) is 1.82. The molecule has 0 heterocycles. The van der Waals surface area contributed by atoms with Crippen LogP contribution in [0.3, 0.4) is 0 Å². The molecule has 0 fully saturated rings. The van der Waals surface area contributed by atoms with E-state index in [9.17, 15) is 4.79 Å². The topological polar surface area (TPSA) is 46.5 Å². The molecule has 0 rings (SSSR count). The maximum Gasteiger partial charge on any atom is 0.305 e. The fourth-order valence-electron chi connectivity index (χ4n) is 0.551. The molecule has 60 valence electrons. The van der Waals surface area contributed by atoms with Crippen molar-refractivity contribution < 1.29 is 14.6 Å². The van der Waals surface area contributed by atoms with Gasteiger partial charge in [0.15, 0.2) is 0 Å². The summed E-state index contributed by atoms with van der Waals surface area (Å²) in [5, 5.41) is 8.27. The molecule has 0 aromatic carbocycles. The number of ether oxygens (including phenoxy) is 1. The predicted molar refractivity (Wildman–Crippen MR) is 38.4 cm³/mol. The van der Waals surface area contributed by atoms with E-state index in [1.165, 1.54) is 0 Å². The zero-order chi connectivity index (χ0) is 7.98. The Kier molecular flexibility index (Phi) is 5.35. The highest BCUT2D eigenvalue weighted by Gasteiger charge is 2.06. The lowest BCUT2D eigenvalue weighted by Crippen LogP contribution is -2.14. The van der Waals surface area contributed by atoms with Crippen LogP contribution < -0.4 is 0 Å². The minimum absolute atomic E-state index is 0.0386. The van der Waals surface area contributed by atoms with Crippen molar-refractivity contribution in [3.63, 3.8) is 0 Å². The largest absolute Gasteiger partial charge is 0.481 e. The second kappa shape index (κ2) is 5.50. The lowest BCUT2D eigenvalue weighted by molar-refractivity contribution is -0.139. The van der Waals surface area contributed by atoms with Gasteiger partial charge in [0.2, 0.25) is 0 Å². The highest BCUT2D eigenvalue weighted by molar-refractivity contribution is 6.17. The summed E-state index contributed by atoms with van der Waals surface area (Å²) in [5.74, 6) is -0.439. The van der Waals surface area contributed by atoms with Gasteiger partial charge in [-0.1, -0.05) is 0 Å². The predicted octanol–water partition coefficient (Wildman–Crippen LogP) is 1.10. The van der Waals surface area contributed by atoms with E-state index in [2.05, 4.69) is 0 Å². The van der Waals surface area contributed by atoms with Crippen molar-refractivity contribution in [2.24, 2.45) is 0 Å². The molecule has 0 saturated carbocycles. The maximum atomic E-state index is 10.1. The first-order valence-electron chi connectivity index (χ1n) is 3.06. The lowest BCUT2D eigenvalue weighted by atomic mass is 10.3. The number of aliphatic carboxylic acids is 1. The van der Waals surface area contributed by atoms with Crippen molar-refractivity contribution in [3.8, 4) is 0 Å². The van der Waals surface area contributed by atoms with Gasteiger partial charge in [0, 0.05) is 5.88 Å². The van der Waals surface area contributed by atoms with E-state index in [-0.39, 0.29) is 12.5 Å². The Morgan fingerprint density at radius 2 is 2.40 bits per heavy atom. The molecule has 0 aliphatic carbocycles. The van der Waals surface area contributed by atoms with Crippen molar-refractivity contribution in [2.45, 2.75) is 19.4 Å². The number of carbonyl (C=O) groups is 1. The van der Waals surface area contributed by atoms with Crippen LogP contribution in [0.15, 0.2) is 0 Å². The summed E-state index contributed by atoms with van der Waals surface area (Å²) < 4.78 is 4.99. The monoisotopic (exact) mass is 166 g/mol. The number of carboxylic acids is 1. The molecule has 0 aliphatic heterocycles. The number of halogens is 1. The van der Waals surface area contributed by atoms with E-state index in [4.69, 9.17) is 21.4 Å². The van der Waals surface area contributed by atoms with Crippen LogP contribution in [0.25, 0.3) is 0 Å². The molecule has 0 spiro atoms. The standard InChI is InChI=1S/C6H11ClO3/c1-5(4-6(8)9)10-3-2-7/h5H,2-4H2,1H3,(H,8,9)/t5-/m0/s1. The van der Waals surface area contributed by atoms with Crippen LogP contribution >= 0.6 is 11.6 Å². The minimum atomic E-state index is -0.845. The molecule has 0 bridgehead atoms. The average molecular weight is 167 g/mol. The molecule has 0 radical (unpaired) electrons. The fraction of sp³-hybridized carbons (Fsp3) is 0.833. The summed E-state index contributed by atoms with van der Waals surface area (Å²) in [6.45, 7) is 2.12. The van der Waals surface area contributed by atoms with Crippen molar-refractivity contribution >= 4 is 17.6 Å². The van der Waals surface area contributed by atoms with Gasteiger partial charge in [-0.15, -0.1) is 11.6 Å². The van der Waals surface area contributed by atoms with Crippen LogP contribution in [-0.4, -0.2) is 29.7 Å². The van der Waals surface area contributed by atoms with E-state index in [1.807, 2.05) is 0 Å². The summed E-state index contributed by atoms with van der Waals surface area (Å²) in [5.41, 5.74) is 0. The molecule has 0 saturated heterocycles. The Labute approximate surface area is 64.9 Å². The van der Waals surface area contributed by atoms with E-state index >= 15 is 0 Å². The number of carboxylic acid groups (broad SMARTS) is 1. The van der Waals surface area contributed by atoms with Gasteiger partial charge < -0.3 is 9.84 Å². The molecule has 0 amide bonds. The Hall–Kier alpha value is -0.280. The summed E-state index contributed by atoms with van der Waals surface area (Å²) in [7, 11) is 0. The van der Waals surface area contributed by atoms with E-state index < -0.39 is 5.97 Å². The van der Waals surface area contributed by atoms with Gasteiger partial charge in [-0.05, 0) is 6.92 Å². The molecule has 0 aromatic rings. The van der Waals surface area contributed by atoms with Crippen molar-refractivity contribution in [2.75, 3.05) is 12.5 Å². The lowest BCUT2D eigenvalue weighted by Gasteiger charge is -2.07. The van der Waals surface area contributed by atoms with Crippen molar-refractivity contribution in [1.82, 2.24) is 0 Å². The van der Waals surface area contributed by atoms with Gasteiger partial charge in [-0.3, -0.25) is 4.79 Å². The van der Waals surface area contributed by atoms with Gasteiger partial charge in [0.1, 0.15) is 0 Å². The molecule has 1 N–H and O–H groups in total. The molecular formula is C6H11ClO3. The third-order valence-electron chi connectivity index (χ3n) is 0.942. The molecule has 10 heavy (non-hydrogen) atoms. The highest BCUT2D eigenvalue weighted by Crippen LogP contribution is 1.96. The van der Waals surface area contributed by atoms with E-state index in [1.54, 1.807) is 6.92 Å². The molecule has 0 aromatic heterocycles. The number of rotatable bonds is 5. The van der Waals surface area contributed by atoms with Crippen LogP contribution in [0.1, 0.15) is 13.3 Å². The minimum Gasteiger partial charge on any atom is -0.481 e. The Morgan fingerprint density at radius 1 is 1.80 bits per heavy atom. The van der Waals surface area contributed by atoms with Gasteiger partial charge in [0.05, 0.1) is 19.1 Å². The zero-order valence-electron chi connectivity index (χ0n) is 5.84. The second-order valence-corrected chi connectivity index (χ2v) is 2.35. The second-order valence-electron chi connectivity index (χ2n) is 1.97. The van der Waals surface area contributed by atoms with Crippen LogP contribution in [0.4, 0.5) is 0 Å².